The van der Waals surface area contributed by atoms with E-state index in [2.05, 4.69) is 5.32 Å². The van der Waals surface area contributed by atoms with Gasteiger partial charge in [0.1, 0.15) is 6.04 Å². The molecular formula is C16H23N3O2. The summed E-state index contributed by atoms with van der Waals surface area (Å²) in [4.78, 5) is 26.4. The van der Waals surface area contributed by atoms with Gasteiger partial charge in [-0.15, -0.1) is 0 Å². The van der Waals surface area contributed by atoms with Gasteiger partial charge in [-0.3, -0.25) is 9.59 Å². The fourth-order valence-electron chi connectivity index (χ4n) is 2.46. The summed E-state index contributed by atoms with van der Waals surface area (Å²) in [6, 6.07) is 8.69. The molecule has 1 atom stereocenters. The number of carbonyl (C=O) groups is 2. The van der Waals surface area contributed by atoms with Crippen LogP contribution in [0.3, 0.4) is 0 Å². The van der Waals surface area contributed by atoms with Gasteiger partial charge in [0.25, 0.3) is 5.91 Å². The van der Waals surface area contributed by atoms with Crippen molar-refractivity contribution in [2.45, 2.75) is 38.3 Å². The van der Waals surface area contributed by atoms with Crippen LogP contribution in [0.2, 0.25) is 0 Å². The second kappa shape index (κ2) is 6.26. The van der Waals surface area contributed by atoms with Crippen molar-refractivity contribution in [3.63, 3.8) is 0 Å². The summed E-state index contributed by atoms with van der Waals surface area (Å²) in [5.41, 5.74) is 6.04. The van der Waals surface area contributed by atoms with Gasteiger partial charge in [0, 0.05) is 24.2 Å². The molecule has 1 aromatic rings. The van der Waals surface area contributed by atoms with Gasteiger partial charge in [-0.1, -0.05) is 18.2 Å². The first kappa shape index (κ1) is 15.5. The number of rotatable bonds is 4. The molecule has 0 bridgehead atoms. The lowest BCUT2D eigenvalue weighted by Gasteiger charge is -2.26. The van der Waals surface area contributed by atoms with E-state index in [0.717, 1.165) is 6.42 Å². The van der Waals surface area contributed by atoms with Gasteiger partial charge in [-0.2, -0.15) is 0 Å². The number of nitrogens with one attached hydrogen (secondary N) is 1. The van der Waals surface area contributed by atoms with Gasteiger partial charge >= 0.3 is 0 Å². The molecule has 1 aliphatic rings. The normalized spacial score (nSPS) is 18.6. The van der Waals surface area contributed by atoms with E-state index >= 15 is 0 Å². The summed E-state index contributed by atoms with van der Waals surface area (Å²) in [5, 5.41) is 2.84. The van der Waals surface area contributed by atoms with Gasteiger partial charge in [0.05, 0.1) is 0 Å². The maximum atomic E-state index is 12.5. The van der Waals surface area contributed by atoms with Crippen molar-refractivity contribution in [3.05, 3.63) is 35.9 Å². The highest BCUT2D eigenvalue weighted by Crippen LogP contribution is 2.20. The Bertz CT molecular complexity index is 508. The standard InChI is InChI=1S/C16H23N3O2/c1-16(2,17)11-18-14(20)13-9-6-10-19(13)15(21)12-7-4-3-5-8-12/h3-5,7-8,13H,6,9-11,17H2,1-2H3,(H,18,20). The Hall–Kier alpha value is -1.88. The van der Waals surface area contributed by atoms with Crippen LogP contribution in [0.25, 0.3) is 0 Å². The molecule has 1 aliphatic heterocycles. The van der Waals surface area contributed by atoms with E-state index in [1.54, 1.807) is 17.0 Å². The maximum Gasteiger partial charge on any atom is 0.254 e. The van der Waals surface area contributed by atoms with Crippen molar-refractivity contribution in [1.29, 1.82) is 0 Å². The molecule has 0 aliphatic carbocycles. The number of carbonyl (C=O) groups excluding carboxylic acids is 2. The van der Waals surface area contributed by atoms with Gasteiger partial charge in [0.15, 0.2) is 0 Å². The summed E-state index contributed by atoms with van der Waals surface area (Å²) >= 11 is 0. The highest BCUT2D eigenvalue weighted by Gasteiger charge is 2.34. The molecule has 0 radical (unpaired) electrons. The molecule has 2 rings (SSSR count). The minimum absolute atomic E-state index is 0.0831. The smallest absolute Gasteiger partial charge is 0.254 e. The van der Waals surface area contributed by atoms with E-state index in [9.17, 15) is 9.59 Å². The third-order valence-corrected chi connectivity index (χ3v) is 3.56. The van der Waals surface area contributed by atoms with E-state index in [0.29, 0.717) is 25.1 Å². The van der Waals surface area contributed by atoms with E-state index < -0.39 is 5.54 Å². The van der Waals surface area contributed by atoms with Crippen LogP contribution in [0.1, 0.15) is 37.0 Å². The predicted molar refractivity (Wildman–Crippen MR) is 81.8 cm³/mol. The molecule has 2 amide bonds. The van der Waals surface area contributed by atoms with E-state index in [4.69, 9.17) is 5.73 Å². The Morgan fingerprint density at radius 2 is 2.00 bits per heavy atom. The number of nitrogens with zero attached hydrogens (tertiary/aromatic N) is 1. The van der Waals surface area contributed by atoms with Crippen molar-refractivity contribution >= 4 is 11.8 Å². The molecule has 0 saturated carbocycles. The van der Waals surface area contributed by atoms with Crippen molar-refractivity contribution in [3.8, 4) is 0 Å². The summed E-state index contributed by atoms with van der Waals surface area (Å²) in [7, 11) is 0. The van der Waals surface area contributed by atoms with Crippen LogP contribution < -0.4 is 11.1 Å². The van der Waals surface area contributed by atoms with E-state index in [1.807, 2.05) is 32.0 Å². The Kier molecular flexibility index (Phi) is 4.63. The van der Waals surface area contributed by atoms with Gasteiger partial charge in [0.2, 0.25) is 5.91 Å². The van der Waals surface area contributed by atoms with Crippen LogP contribution in [0.5, 0.6) is 0 Å². The van der Waals surface area contributed by atoms with Crippen molar-refractivity contribution in [1.82, 2.24) is 10.2 Å². The highest BCUT2D eigenvalue weighted by atomic mass is 16.2. The summed E-state index contributed by atoms with van der Waals surface area (Å²) in [6.45, 7) is 4.73. The fourth-order valence-corrected chi connectivity index (χ4v) is 2.46. The van der Waals surface area contributed by atoms with Crippen LogP contribution in [-0.4, -0.2) is 41.4 Å². The molecule has 114 valence electrons. The first-order valence-corrected chi connectivity index (χ1v) is 7.31. The lowest BCUT2D eigenvalue weighted by molar-refractivity contribution is -0.125. The first-order chi connectivity index (χ1) is 9.88. The Morgan fingerprint density at radius 3 is 2.62 bits per heavy atom. The molecular weight excluding hydrogens is 266 g/mol. The van der Waals surface area contributed by atoms with Crippen LogP contribution in [-0.2, 0) is 4.79 Å². The summed E-state index contributed by atoms with van der Waals surface area (Å²) < 4.78 is 0. The predicted octanol–water partition coefficient (Wildman–Crippen LogP) is 1.14. The zero-order valence-electron chi connectivity index (χ0n) is 12.6. The van der Waals surface area contributed by atoms with Crippen LogP contribution in [0, 0.1) is 0 Å². The monoisotopic (exact) mass is 289 g/mol. The van der Waals surface area contributed by atoms with Crippen molar-refractivity contribution in [2.75, 3.05) is 13.1 Å². The molecule has 1 fully saturated rings. The first-order valence-electron chi connectivity index (χ1n) is 7.31. The summed E-state index contributed by atoms with van der Waals surface area (Å²) in [6.07, 6.45) is 1.55. The molecule has 1 unspecified atom stereocenters. The Balaban J connectivity index is 2.03. The number of amides is 2. The zero-order valence-corrected chi connectivity index (χ0v) is 12.6. The topological polar surface area (TPSA) is 75.4 Å². The SMILES string of the molecule is CC(C)(N)CNC(=O)C1CCCN1C(=O)c1ccccc1. The molecule has 1 aromatic carbocycles. The Morgan fingerprint density at radius 1 is 1.33 bits per heavy atom. The van der Waals surface area contributed by atoms with Gasteiger partial charge in [-0.05, 0) is 38.8 Å². The van der Waals surface area contributed by atoms with Crippen molar-refractivity contribution in [2.24, 2.45) is 5.73 Å². The van der Waals surface area contributed by atoms with Gasteiger partial charge < -0.3 is 16.0 Å². The van der Waals surface area contributed by atoms with Crippen LogP contribution in [0.4, 0.5) is 0 Å². The number of likely N-dealkylation sites (tertiary alicyclic amines) is 1. The average molecular weight is 289 g/mol. The summed E-state index contributed by atoms with van der Waals surface area (Å²) in [5.74, 6) is -0.199. The lowest BCUT2D eigenvalue weighted by atomic mass is 10.1. The number of hydrogen-bond donors (Lipinski definition) is 2. The largest absolute Gasteiger partial charge is 0.352 e. The fraction of sp³-hybridized carbons (Fsp3) is 0.500. The second-order valence-corrected chi connectivity index (χ2v) is 6.23. The third kappa shape index (κ3) is 4.04. The van der Waals surface area contributed by atoms with Crippen LogP contribution >= 0.6 is 0 Å². The zero-order chi connectivity index (χ0) is 15.5. The molecule has 1 saturated heterocycles. The lowest BCUT2D eigenvalue weighted by Crippen LogP contribution is -2.51. The van der Waals surface area contributed by atoms with Crippen LogP contribution in [0.15, 0.2) is 30.3 Å². The number of benzene rings is 1. The molecule has 3 N–H and O–H groups in total. The van der Waals surface area contributed by atoms with Gasteiger partial charge in [-0.25, -0.2) is 0 Å². The third-order valence-electron chi connectivity index (χ3n) is 3.56. The number of nitrogens with two attached hydrogens (primary N) is 1. The molecule has 0 aromatic heterocycles. The molecule has 5 nitrogen and oxygen atoms in total. The van der Waals surface area contributed by atoms with E-state index in [1.165, 1.54) is 0 Å². The number of hydrogen-bond acceptors (Lipinski definition) is 3. The molecule has 5 heteroatoms. The highest BCUT2D eigenvalue weighted by molar-refractivity contribution is 5.97. The molecule has 0 spiro atoms. The Labute approximate surface area is 125 Å². The maximum absolute atomic E-state index is 12.5. The second-order valence-electron chi connectivity index (χ2n) is 6.23. The van der Waals surface area contributed by atoms with Crippen molar-refractivity contribution < 1.29 is 9.59 Å². The quantitative estimate of drug-likeness (QED) is 0.873. The molecule has 21 heavy (non-hydrogen) atoms. The average Bonchev–Trinajstić information content (AvgIpc) is 2.93. The molecule has 1 heterocycles. The minimum Gasteiger partial charge on any atom is -0.352 e. The van der Waals surface area contributed by atoms with E-state index in [-0.39, 0.29) is 17.9 Å². The minimum atomic E-state index is -0.456.